The van der Waals surface area contributed by atoms with E-state index in [1.165, 1.54) is 6.07 Å². The normalized spacial score (nSPS) is 10.7. The Bertz CT molecular complexity index is 842. The molecule has 3 rings (SSSR count). The summed E-state index contributed by atoms with van der Waals surface area (Å²) in [6.45, 7) is 0.577. The molecule has 4 nitrogen and oxygen atoms in total. The summed E-state index contributed by atoms with van der Waals surface area (Å²) in [6, 6.07) is 10.6. The highest BCUT2D eigenvalue weighted by Gasteiger charge is 2.11. The van der Waals surface area contributed by atoms with Gasteiger partial charge in [0.2, 0.25) is 0 Å². The molecule has 1 aromatic heterocycles. The molecule has 2 aromatic carbocycles. The topological polar surface area (TPSA) is 36.3 Å². The largest absolute Gasteiger partial charge is 0.497 e. The second-order valence-electron chi connectivity index (χ2n) is 5.23. The monoisotopic (exact) mass is 390 g/mol. The van der Waals surface area contributed by atoms with Gasteiger partial charge in [0, 0.05) is 30.6 Å². The van der Waals surface area contributed by atoms with Crippen LogP contribution >= 0.6 is 15.9 Å². The highest BCUT2D eigenvalue weighted by atomic mass is 79.9. The summed E-state index contributed by atoms with van der Waals surface area (Å²) in [5, 5.41) is 0. The summed E-state index contributed by atoms with van der Waals surface area (Å²) in [6.07, 6.45) is 3.62. The van der Waals surface area contributed by atoms with Crippen LogP contribution in [0, 0.1) is 5.82 Å². The van der Waals surface area contributed by atoms with Crippen LogP contribution in [0.15, 0.2) is 53.3 Å². The Morgan fingerprint density at radius 1 is 1.08 bits per heavy atom. The number of rotatable bonds is 5. The van der Waals surface area contributed by atoms with E-state index >= 15 is 0 Å². The smallest absolute Gasteiger partial charge is 0.140 e. The minimum Gasteiger partial charge on any atom is -0.497 e. The van der Waals surface area contributed by atoms with Gasteiger partial charge in [-0.1, -0.05) is 6.07 Å². The van der Waals surface area contributed by atoms with Crippen molar-refractivity contribution in [1.82, 2.24) is 9.55 Å². The van der Waals surface area contributed by atoms with Crippen molar-refractivity contribution in [3.8, 4) is 22.9 Å². The zero-order valence-electron chi connectivity index (χ0n) is 13.3. The van der Waals surface area contributed by atoms with Crippen molar-refractivity contribution in [1.29, 1.82) is 0 Å². The lowest BCUT2D eigenvalue weighted by Crippen LogP contribution is -2.02. The Kier molecular flexibility index (Phi) is 4.85. The van der Waals surface area contributed by atoms with Gasteiger partial charge in [-0.3, -0.25) is 0 Å². The summed E-state index contributed by atoms with van der Waals surface area (Å²) in [5.41, 5.74) is 1.86. The Morgan fingerprint density at radius 2 is 1.79 bits per heavy atom. The minimum atomic E-state index is -0.276. The third-order valence-electron chi connectivity index (χ3n) is 3.66. The molecule has 0 fully saturated rings. The molecular weight excluding hydrogens is 375 g/mol. The van der Waals surface area contributed by atoms with Crippen LogP contribution in [-0.2, 0) is 6.54 Å². The maximum Gasteiger partial charge on any atom is 0.140 e. The SMILES string of the molecule is COc1cc(OC)cc(-c2nccn2Cc2ccc(F)c(Br)c2)c1. The summed E-state index contributed by atoms with van der Waals surface area (Å²) in [5.74, 6) is 1.90. The molecule has 124 valence electrons. The zero-order chi connectivity index (χ0) is 17.1. The van der Waals surface area contributed by atoms with Gasteiger partial charge in [0.05, 0.1) is 18.7 Å². The standard InChI is InChI=1S/C18H16BrFN2O2/c1-23-14-8-13(9-15(10-14)24-2)18-21-5-6-22(18)11-12-3-4-17(20)16(19)7-12/h3-10H,11H2,1-2H3. The average Bonchev–Trinajstić information content (AvgIpc) is 3.05. The molecule has 0 spiro atoms. The van der Waals surface area contributed by atoms with Gasteiger partial charge in [0.25, 0.3) is 0 Å². The number of benzene rings is 2. The summed E-state index contributed by atoms with van der Waals surface area (Å²) in [7, 11) is 3.22. The van der Waals surface area contributed by atoms with Crippen LogP contribution in [-0.4, -0.2) is 23.8 Å². The van der Waals surface area contributed by atoms with Crippen LogP contribution in [0.2, 0.25) is 0 Å². The van der Waals surface area contributed by atoms with Crippen LogP contribution in [0.25, 0.3) is 11.4 Å². The average molecular weight is 391 g/mol. The summed E-state index contributed by atoms with van der Waals surface area (Å²) in [4.78, 5) is 4.44. The molecular formula is C18H16BrFN2O2. The van der Waals surface area contributed by atoms with Gasteiger partial charge >= 0.3 is 0 Å². The van der Waals surface area contributed by atoms with Gasteiger partial charge < -0.3 is 14.0 Å². The highest BCUT2D eigenvalue weighted by molar-refractivity contribution is 9.10. The fourth-order valence-electron chi connectivity index (χ4n) is 2.47. The molecule has 1 heterocycles. The number of hydrogen-bond donors (Lipinski definition) is 0. The second kappa shape index (κ2) is 7.05. The number of aromatic nitrogens is 2. The van der Waals surface area contributed by atoms with Crippen LogP contribution < -0.4 is 9.47 Å². The van der Waals surface area contributed by atoms with E-state index in [-0.39, 0.29) is 5.82 Å². The minimum absolute atomic E-state index is 0.276. The van der Waals surface area contributed by atoms with Crippen molar-refractivity contribution in [2.75, 3.05) is 14.2 Å². The number of methoxy groups -OCH3 is 2. The van der Waals surface area contributed by atoms with Gasteiger partial charge in [-0.05, 0) is 45.8 Å². The number of hydrogen-bond acceptors (Lipinski definition) is 3. The molecule has 3 aromatic rings. The Balaban J connectivity index is 1.97. The molecule has 0 aliphatic heterocycles. The number of halogens is 2. The van der Waals surface area contributed by atoms with Gasteiger partial charge in [-0.2, -0.15) is 0 Å². The van der Waals surface area contributed by atoms with Crippen LogP contribution in [0.5, 0.6) is 11.5 Å². The van der Waals surface area contributed by atoms with E-state index in [9.17, 15) is 4.39 Å². The Labute approximate surface area is 148 Å². The fourth-order valence-corrected chi connectivity index (χ4v) is 2.89. The molecule has 6 heteroatoms. The Hall–Kier alpha value is -2.34. The van der Waals surface area contributed by atoms with Crippen molar-refractivity contribution in [3.63, 3.8) is 0 Å². The number of ether oxygens (including phenoxy) is 2. The lowest BCUT2D eigenvalue weighted by Gasteiger charge is -2.11. The van der Waals surface area contributed by atoms with E-state index in [0.29, 0.717) is 22.5 Å². The predicted octanol–water partition coefficient (Wildman–Crippen LogP) is 4.52. The first-order valence-electron chi connectivity index (χ1n) is 7.29. The summed E-state index contributed by atoms with van der Waals surface area (Å²) >= 11 is 3.22. The van der Waals surface area contributed by atoms with Crippen molar-refractivity contribution in [2.45, 2.75) is 6.54 Å². The van der Waals surface area contributed by atoms with E-state index in [1.807, 2.05) is 29.0 Å². The van der Waals surface area contributed by atoms with E-state index in [2.05, 4.69) is 20.9 Å². The number of imidazole rings is 1. The first-order valence-corrected chi connectivity index (χ1v) is 8.08. The van der Waals surface area contributed by atoms with Crippen molar-refractivity contribution >= 4 is 15.9 Å². The van der Waals surface area contributed by atoms with E-state index in [0.717, 1.165) is 17.0 Å². The van der Waals surface area contributed by atoms with Crippen molar-refractivity contribution < 1.29 is 13.9 Å². The second-order valence-corrected chi connectivity index (χ2v) is 6.08. The van der Waals surface area contributed by atoms with Crippen molar-refractivity contribution in [3.05, 3.63) is 64.6 Å². The van der Waals surface area contributed by atoms with Crippen LogP contribution in [0.3, 0.4) is 0 Å². The summed E-state index contributed by atoms with van der Waals surface area (Å²) < 4.78 is 26.5. The molecule has 0 bridgehead atoms. The molecule has 24 heavy (non-hydrogen) atoms. The van der Waals surface area contributed by atoms with E-state index < -0.39 is 0 Å². The first-order chi connectivity index (χ1) is 11.6. The maximum absolute atomic E-state index is 13.4. The lowest BCUT2D eigenvalue weighted by atomic mass is 10.1. The molecule has 0 aliphatic rings. The van der Waals surface area contributed by atoms with E-state index in [1.54, 1.807) is 32.5 Å². The van der Waals surface area contributed by atoms with Crippen LogP contribution in [0.1, 0.15) is 5.56 Å². The molecule has 0 N–H and O–H groups in total. The zero-order valence-corrected chi connectivity index (χ0v) is 14.9. The molecule has 0 unspecified atom stereocenters. The molecule has 0 amide bonds. The highest BCUT2D eigenvalue weighted by Crippen LogP contribution is 2.29. The first kappa shape index (κ1) is 16.5. The van der Waals surface area contributed by atoms with Gasteiger partial charge in [0.15, 0.2) is 0 Å². The van der Waals surface area contributed by atoms with Gasteiger partial charge in [-0.25, -0.2) is 9.37 Å². The van der Waals surface area contributed by atoms with Crippen molar-refractivity contribution in [2.24, 2.45) is 0 Å². The molecule has 0 radical (unpaired) electrons. The third kappa shape index (κ3) is 3.43. The van der Waals surface area contributed by atoms with Crippen LogP contribution in [0.4, 0.5) is 4.39 Å². The quantitative estimate of drug-likeness (QED) is 0.642. The third-order valence-corrected chi connectivity index (χ3v) is 4.27. The Morgan fingerprint density at radius 3 is 2.42 bits per heavy atom. The molecule has 0 atom stereocenters. The lowest BCUT2D eigenvalue weighted by molar-refractivity contribution is 0.394. The molecule has 0 saturated carbocycles. The van der Waals surface area contributed by atoms with Gasteiger partial charge in [-0.15, -0.1) is 0 Å². The predicted molar refractivity (Wildman–Crippen MR) is 94.0 cm³/mol. The fraction of sp³-hybridized carbons (Fsp3) is 0.167. The number of nitrogens with zero attached hydrogens (tertiary/aromatic N) is 2. The maximum atomic E-state index is 13.4. The molecule has 0 aliphatic carbocycles. The van der Waals surface area contributed by atoms with Gasteiger partial charge in [0.1, 0.15) is 23.1 Å². The van der Waals surface area contributed by atoms with E-state index in [4.69, 9.17) is 9.47 Å². The molecule has 0 saturated heterocycles.